The Morgan fingerprint density at radius 1 is 1.71 bits per heavy atom. The van der Waals surface area contributed by atoms with E-state index in [0.717, 1.165) is 19.6 Å². The fourth-order valence-corrected chi connectivity index (χ4v) is 2.29. The van der Waals surface area contributed by atoms with Crippen molar-refractivity contribution in [3.8, 4) is 0 Å². The Morgan fingerprint density at radius 2 is 2.64 bits per heavy atom. The summed E-state index contributed by atoms with van der Waals surface area (Å²) in [5.41, 5.74) is 1.26. The molecule has 0 spiro atoms. The molecule has 1 aromatic rings. The van der Waals surface area contributed by atoms with E-state index in [1.807, 2.05) is 0 Å². The monoisotopic (exact) mass is 212 g/mol. The van der Waals surface area contributed by atoms with Crippen LogP contribution in [0.25, 0.3) is 0 Å². The van der Waals surface area contributed by atoms with Gasteiger partial charge in [0, 0.05) is 19.1 Å². The first-order chi connectivity index (χ1) is 6.90. The molecule has 1 saturated heterocycles. The number of thiophene rings is 1. The molecule has 0 aromatic carbocycles. The Kier molecular flexibility index (Phi) is 3.13. The molecule has 2 heterocycles. The van der Waals surface area contributed by atoms with Crippen LogP contribution in [0.5, 0.6) is 0 Å². The van der Waals surface area contributed by atoms with E-state index in [2.05, 4.69) is 22.1 Å². The average molecular weight is 212 g/mol. The summed E-state index contributed by atoms with van der Waals surface area (Å²) in [6.07, 6.45) is 0. The molecule has 0 bridgehead atoms. The lowest BCUT2D eigenvalue weighted by Gasteiger charge is -2.30. The predicted octanol–water partition coefficient (Wildman–Crippen LogP) is 0.782. The Balaban J connectivity index is 1.97. The first kappa shape index (κ1) is 9.64. The second-order valence-electron chi connectivity index (χ2n) is 3.15. The fourth-order valence-electron chi connectivity index (χ4n) is 1.58. The maximum atomic E-state index is 10.2. The number of hydroxylamine groups is 2. The maximum Gasteiger partial charge on any atom is 0.312 e. The second kappa shape index (κ2) is 4.54. The SMILES string of the molecule is O=CON1CCNC(c2ccsc2)C1. The average Bonchev–Trinajstić information content (AvgIpc) is 2.71. The van der Waals surface area contributed by atoms with Crippen molar-refractivity contribution in [3.63, 3.8) is 0 Å². The molecule has 4 nitrogen and oxygen atoms in total. The van der Waals surface area contributed by atoms with E-state index in [1.165, 1.54) is 5.56 Å². The van der Waals surface area contributed by atoms with Crippen molar-refractivity contribution >= 4 is 17.8 Å². The van der Waals surface area contributed by atoms with Crippen LogP contribution in [0.15, 0.2) is 16.8 Å². The van der Waals surface area contributed by atoms with E-state index in [1.54, 1.807) is 16.4 Å². The number of hydrogen-bond donors (Lipinski definition) is 1. The Hall–Kier alpha value is -0.910. The van der Waals surface area contributed by atoms with Gasteiger partial charge in [-0.2, -0.15) is 11.3 Å². The van der Waals surface area contributed by atoms with Gasteiger partial charge >= 0.3 is 6.47 Å². The molecule has 1 aliphatic rings. The molecule has 1 N–H and O–H groups in total. The van der Waals surface area contributed by atoms with Crippen molar-refractivity contribution < 1.29 is 9.63 Å². The molecule has 5 heteroatoms. The molecule has 1 aliphatic heterocycles. The molecule has 2 rings (SSSR count). The van der Waals surface area contributed by atoms with Crippen molar-refractivity contribution in [1.82, 2.24) is 10.4 Å². The highest BCUT2D eigenvalue weighted by Gasteiger charge is 2.21. The summed E-state index contributed by atoms with van der Waals surface area (Å²) in [4.78, 5) is 15.0. The molecular weight excluding hydrogens is 200 g/mol. The minimum absolute atomic E-state index is 0.273. The molecule has 1 aromatic heterocycles. The third-order valence-corrected chi connectivity index (χ3v) is 2.98. The highest BCUT2D eigenvalue weighted by molar-refractivity contribution is 7.07. The molecule has 1 fully saturated rings. The standard InChI is InChI=1S/C9H12N2O2S/c12-7-13-11-3-2-10-9(5-11)8-1-4-14-6-8/h1,4,6-7,9-10H,2-3,5H2. The Labute approximate surface area is 86.4 Å². The van der Waals surface area contributed by atoms with Crippen LogP contribution in [-0.4, -0.2) is 31.2 Å². The fraction of sp³-hybridized carbons (Fsp3) is 0.444. The van der Waals surface area contributed by atoms with E-state index in [9.17, 15) is 4.79 Å². The first-order valence-corrected chi connectivity index (χ1v) is 5.45. The number of piperazine rings is 1. The number of carbonyl (C=O) groups is 1. The molecular formula is C9H12N2O2S. The molecule has 14 heavy (non-hydrogen) atoms. The van der Waals surface area contributed by atoms with Gasteiger partial charge in [-0.25, -0.2) is 0 Å². The third kappa shape index (κ3) is 2.12. The van der Waals surface area contributed by atoms with Crippen molar-refractivity contribution in [2.24, 2.45) is 0 Å². The molecule has 76 valence electrons. The minimum Gasteiger partial charge on any atom is -0.371 e. The van der Waals surface area contributed by atoms with E-state index in [4.69, 9.17) is 4.84 Å². The largest absolute Gasteiger partial charge is 0.371 e. The van der Waals surface area contributed by atoms with E-state index < -0.39 is 0 Å². The normalized spacial score (nSPS) is 23.3. The highest BCUT2D eigenvalue weighted by Crippen LogP contribution is 2.19. The summed E-state index contributed by atoms with van der Waals surface area (Å²) in [5, 5.41) is 9.23. The van der Waals surface area contributed by atoms with Gasteiger partial charge in [0.25, 0.3) is 0 Å². The number of hydrogen-bond acceptors (Lipinski definition) is 5. The molecule has 0 saturated carbocycles. The van der Waals surface area contributed by atoms with E-state index in [-0.39, 0.29) is 6.04 Å². The first-order valence-electron chi connectivity index (χ1n) is 4.51. The van der Waals surface area contributed by atoms with Crippen molar-refractivity contribution in [3.05, 3.63) is 22.4 Å². The minimum atomic E-state index is 0.273. The summed E-state index contributed by atoms with van der Waals surface area (Å²) >= 11 is 1.68. The lowest BCUT2D eigenvalue weighted by atomic mass is 10.1. The highest BCUT2D eigenvalue weighted by atomic mass is 32.1. The molecule has 0 radical (unpaired) electrons. The Morgan fingerprint density at radius 3 is 3.36 bits per heavy atom. The van der Waals surface area contributed by atoms with Crippen molar-refractivity contribution in [2.75, 3.05) is 19.6 Å². The second-order valence-corrected chi connectivity index (χ2v) is 3.93. The van der Waals surface area contributed by atoms with Crippen molar-refractivity contribution in [1.29, 1.82) is 0 Å². The van der Waals surface area contributed by atoms with Gasteiger partial charge in [0.15, 0.2) is 0 Å². The molecule has 0 aliphatic carbocycles. The molecule has 0 amide bonds. The number of carbonyl (C=O) groups excluding carboxylic acids is 1. The van der Waals surface area contributed by atoms with Gasteiger partial charge in [0.1, 0.15) is 0 Å². The quantitative estimate of drug-likeness (QED) is 0.752. The van der Waals surface area contributed by atoms with Gasteiger partial charge in [-0.3, -0.25) is 4.79 Å². The van der Waals surface area contributed by atoms with Crippen LogP contribution in [0.4, 0.5) is 0 Å². The van der Waals surface area contributed by atoms with Crippen LogP contribution < -0.4 is 5.32 Å². The summed E-state index contributed by atoms with van der Waals surface area (Å²) in [6, 6.07) is 2.36. The molecule has 1 unspecified atom stereocenters. The Bertz CT molecular complexity index is 289. The summed E-state index contributed by atoms with van der Waals surface area (Å²) in [7, 11) is 0. The topological polar surface area (TPSA) is 41.6 Å². The summed E-state index contributed by atoms with van der Waals surface area (Å²) < 4.78 is 0. The maximum absolute atomic E-state index is 10.2. The van der Waals surface area contributed by atoms with Gasteiger partial charge in [-0.05, 0) is 22.4 Å². The van der Waals surface area contributed by atoms with Crippen LogP contribution in [0.1, 0.15) is 11.6 Å². The third-order valence-electron chi connectivity index (χ3n) is 2.28. The smallest absolute Gasteiger partial charge is 0.312 e. The van der Waals surface area contributed by atoms with Crippen LogP contribution in [0.2, 0.25) is 0 Å². The van der Waals surface area contributed by atoms with Gasteiger partial charge in [-0.15, -0.1) is 5.06 Å². The van der Waals surface area contributed by atoms with Gasteiger partial charge in [-0.1, -0.05) is 0 Å². The summed E-state index contributed by atoms with van der Waals surface area (Å²) in [6.45, 7) is 2.79. The lowest BCUT2D eigenvalue weighted by Crippen LogP contribution is -2.45. The predicted molar refractivity (Wildman–Crippen MR) is 53.8 cm³/mol. The van der Waals surface area contributed by atoms with E-state index >= 15 is 0 Å². The van der Waals surface area contributed by atoms with Gasteiger partial charge in [0.05, 0.1) is 6.54 Å². The number of nitrogens with one attached hydrogen (secondary N) is 1. The molecule has 1 atom stereocenters. The van der Waals surface area contributed by atoms with E-state index in [0.29, 0.717) is 6.47 Å². The number of nitrogens with zero attached hydrogens (tertiary/aromatic N) is 1. The zero-order valence-electron chi connectivity index (χ0n) is 7.68. The van der Waals surface area contributed by atoms with Crippen molar-refractivity contribution in [2.45, 2.75) is 6.04 Å². The van der Waals surface area contributed by atoms with Crippen LogP contribution in [-0.2, 0) is 9.63 Å². The van der Waals surface area contributed by atoms with Gasteiger partial charge < -0.3 is 10.2 Å². The van der Waals surface area contributed by atoms with Gasteiger partial charge in [0.2, 0.25) is 0 Å². The number of rotatable bonds is 3. The summed E-state index contributed by atoms with van der Waals surface area (Å²) in [5.74, 6) is 0. The van der Waals surface area contributed by atoms with Crippen LogP contribution in [0.3, 0.4) is 0 Å². The van der Waals surface area contributed by atoms with Crippen LogP contribution in [0, 0.1) is 0 Å². The lowest BCUT2D eigenvalue weighted by molar-refractivity contribution is -0.179. The van der Waals surface area contributed by atoms with Crippen LogP contribution >= 0.6 is 11.3 Å². The zero-order chi connectivity index (χ0) is 9.80. The zero-order valence-corrected chi connectivity index (χ0v) is 8.50.